The number of hydrogen-bond acceptors (Lipinski definition) is 3. The minimum Gasteiger partial charge on any atom is -0.416 e. The standard InChI is InChI=1S/C15H42O3Si6/c1-19(2)10-13-22(7)16-23(8,14-11-20(3)4)18-24(9,17-22)15-12-21(5)6/h19-21H,10-15H2,1-9H3. The lowest BCUT2D eigenvalue weighted by Gasteiger charge is -2.51. The SMILES string of the molecule is C[SiH](C)CC[Si]1(C)O[Si](C)(CC[SiH](C)C)O[Si](C)(CC[SiH](C)C)O1. The highest BCUT2D eigenvalue weighted by Gasteiger charge is 2.55. The van der Waals surface area contributed by atoms with E-state index in [1.54, 1.807) is 0 Å². The molecular formula is C15H42O3Si6. The molecule has 0 unspecified atom stereocenters. The van der Waals surface area contributed by atoms with Crippen molar-refractivity contribution in [3.05, 3.63) is 0 Å². The molecule has 0 aromatic rings. The van der Waals surface area contributed by atoms with Crippen LogP contribution in [0.1, 0.15) is 0 Å². The monoisotopic (exact) mass is 438 g/mol. The van der Waals surface area contributed by atoms with Gasteiger partial charge in [-0.05, 0) is 37.8 Å². The maximum Gasteiger partial charge on any atom is 0.317 e. The van der Waals surface area contributed by atoms with Crippen LogP contribution in [0.2, 0.25) is 95.2 Å². The summed E-state index contributed by atoms with van der Waals surface area (Å²) in [4.78, 5) is 0. The first kappa shape index (κ1) is 23.2. The Kier molecular flexibility index (Phi) is 9.09. The fraction of sp³-hybridized carbons (Fsp3) is 1.00. The summed E-state index contributed by atoms with van der Waals surface area (Å²) >= 11 is 0. The van der Waals surface area contributed by atoms with Crippen LogP contribution in [0.25, 0.3) is 0 Å². The molecule has 0 N–H and O–H groups in total. The topological polar surface area (TPSA) is 27.7 Å². The van der Waals surface area contributed by atoms with E-state index in [4.69, 9.17) is 12.3 Å². The fourth-order valence-electron chi connectivity index (χ4n) is 3.39. The van der Waals surface area contributed by atoms with Gasteiger partial charge in [-0.2, -0.15) is 0 Å². The van der Waals surface area contributed by atoms with Gasteiger partial charge in [0.1, 0.15) is 0 Å². The van der Waals surface area contributed by atoms with Gasteiger partial charge in [-0.15, -0.1) is 0 Å². The smallest absolute Gasteiger partial charge is 0.317 e. The van der Waals surface area contributed by atoms with E-state index in [2.05, 4.69) is 58.9 Å². The zero-order valence-electron chi connectivity index (χ0n) is 17.7. The molecule has 144 valence electrons. The molecule has 1 rings (SSSR count). The summed E-state index contributed by atoms with van der Waals surface area (Å²) in [6, 6.07) is 7.66. The lowest BCUT2D eigenvalue weighted by Crippen LogP contribution is -2.67. The molecular weight excluding hydrogens is 397 g/mol. The molecule has 0 spiro atoms. The van der Waals surface area contributed by atoms with Gasteiger partial charge in [0.25, 0.3) is 0 Å². The average molecular weight is 439 g/mol. The van der Waals surface area contributed by atoms with Gasteiger partial charge < -0.3 is 12.3 Å². The third kappa shape index (κ3) is 8.25. The van der Waals surface area contributed by atoms with Crippen LogP contribution in [0.5, 0.6) is 0 Å². The summed E-state index contributed by atoms with van der Waals surface area (Å²) in [7, 11) is -7.82. The molecule has 0 atom stereocenters. The van der Waals surface area contributed by atoms with Crippen LogP contribution in [-0.4, -0.2) is 52.1 Å². The third-order valence-corrected chi connectivity index (χ3v) is 24.8. The summed E-state index contributed by atoms with van der Waals surface area (Å²) in [5.41, 5.74) is 0. The summed E-state index contributed by atoms with van der Waals surface area (Å²) < 4.78 is 20.4. The van der Waals surface area contributed by atoms with Crippen molar-refractivity contribution in [2.24, 2.45) is 0 Å². The van der Waals surface area contributed by atoms with Gasteiger partial charge in [0, 0.05) is 26.4 Å². The van der Waals surface area contributed by atoms with E-state index >= 15 is 0 Å². The third-order valence-electron chi connectivity index (χ3n) is 4.82. The van der Waals surface area contributed by atoms with Crippen molar-refractivity contribution in [2.45, 2.75) is 95.2 Å². The summed E-state index contributed by atoms with van der Waals surface area (Å²) in [6.45, 7) is 21.7. The van der Waals surface area contributed by atoms with Crippen LogP contribution >= 0.6 is 0 Å². The second-order valence-electron chi connectivity index (χ2n) is 9.51. The molecule has 0 aromatic carbocycles. The lowest BCUT2D eigenvalue weighted by atomic mass is 10.9. The molecule has 0 aliphatic carbocycles. The second kappa shape index (κ2) is 9.40. The Morgan fingerprint density at radius 2 is 0.708 bits per heavy atom. The fourth-order valence-corrected chi connectivity index (χ4v) is 31.6. The van der Waals surface area contributed by atoms with Gasteiger partial charge in [-0.3, -0.25) is 0 Å². The molecule has 1 fully saturated rings. The molecule has 0 bridgehead atoms. The molecule has 1 aliphatic rings. The zero-order valence-corrected chi connectivity index (χ0v) is 24.2. The Hall–Kier alpha value is 1.18. The van der Waals surface area contributed by atoms with Gasteiger partial charge in [-0.25, -0.2) is 0 Å². The molecule has 0 saturated carbocycles. The highest BCUT2D eigenvalue weighted by atomic mass is 28.5. The maximum absolute atomic E-state index is 6.79. The van der Waals surface area contributed by atoms with E-state index in [0.717, 1.165) is 0 Å². The van der Waals surface area contributed by atoms with Crippen LogP contribution in [-0.2, 0) is 12.3 Å². The van der Waals surface area contributed by atoms with E-state index in [1.807, 2.05) is 0 Å². The van der Waals surface area contributed by atoms with Crippen LogP contribution in [0, 0.1) is 0 Å². The summed E-state index contributed by atoms with van der Waals surface area (Å²) in [5.74, 6) is 0. The van der Waals surface area contributed by atoms with Gasteiger partial charge in [0.15, 0.2) is 0 Å². The maximum atomic E-state index is 6.79. The first-order chi connectivity index (χ1) is 10.9. The van der Waals surface area contributed by atoms with Crippen LogP contribution in [0.3, 0.4) is 0 Å². The number of hydrogen-bond donors (Lipinski definition) is 0. The van der Waals surface area contributed by atoms with Gasteiger partial charge in [-0.1, -0.05) is 57.4 Å². The average Bonchev–Trinajstić information content (AvgIpc) is 2.40. The zero-order chi connectivity index (χ0) is 18.6. The van der Waals surface area contributed by atoms with Crippen molar-refractivity contribution in [3.8, 4) is 0 Å². The quantitative estimate of drug-likeness (QED) is 0.487. The molecule has 1 saturated heterocycles. The highest BCUT2D eigenvalue weighted by molar-refractivity contribution is 6.94. The normalized spacial score (nSPS) is 34.5. The predicted octanol–water partition coefficient (Wildman–Crippen LogP) is 4.73. The van der Waals surface area contributed by atoms with Crippen LogP contribution in [0.15, 0.2) is 0 Å². The van der Waals surface area contributed by atoms with Gasteiger partial charge in [0.2, 0.25) is 0 Å². The molecule has 0 aromatic heterocycles. The molecule has 0 amide bonds. The van der Waals surface area contributed by atoms with Gasteiger partial charge in [0.05, 0.1) is 0 Å². The second-order valence-corrected chi connectivity index (χ2v) is 30.4. The van der Waals surface area contributed by atoms with E-state index < -0.39 is 52.1 Å². The summed E-state index contributed by atoms with van der Waals surface area (Å²) in [5, 5.41) is 0. The van der Waals surface area contributed by atoms with Crippen molar-refractivity contribution in [1.29, 1.82) is 0 Å². The Labute approximate surface area is 159 Å². The van der Waals surface area contributed by atoms with Crippen molar-refractivity contribution in [3.63, 3.8) is 0 Å². The summed E-state index contributed by atoms with van der Waals surface area (Å²) in [6.07, 6.45) is 0. The van der Waals surface area contributed by atoms with E-state index in [-0.39, 0.29) is 0 Å². The highest BCUT2D eigenvalue weighted by Crippen LogP contribution is 2.39. The Morgan fingerprint density at radius 1 is 0.500 bits per heavy atom. The van der Waals surface area contributed by atoms with Crippen molar-refractivity contribution >= 4 is 52.1 Å². The van der Waals surface area contributed by atoms with Crippen molar-refractivity contribution in [1.82, 2.24) is 0 Å². The minimum absolute atomic E-state index is 0.557. The van der Waals surface area contributed by atoms with E-state index in [9.17, 15) is 0 Å². The van der Waals surface area contributed by atoms with Crippen molar-refractivity contribution in [2.75, 3.05) is 0 Å². The van der Waals surface area contributed by atoms with E-state index in [0.29, 0.717) is 0 Å². The van der Waals surface area contributed by atoms with Crippen LogP contribution < -0.4 is 0 Å². The molecule has 1 heterocycles. The van der Waals surface area contributed by atoms with Crippen LogP contribution in [0.4, 0.5) is 0 Å². The van der Waals surface area contributed by atoms with Gasteiger partial charge >= 0.3 is 25.7 Å². The first-order valence-electron chi connectivity index (χ1n) is 9.97. The molecule has 9 heteroatoms. The minimum atomic E-state index is -2.05. The Balaban J connectivity index is 2.92. The first-order valence-corrected chi connectivity index (χ1v) is 26.9. The number of rotatable bonds is 9. The lowest BCUT2D eigenvalue weighted by molar-refractivity contribution is 0.224. The largest absolute Gasteiger partial charge is 0.416 e. The Bertz CT molecular complexity index is 328. The molecule has 1 aliphatic heterocycles. The van der Waals surface area contributed by atoms with Crippen molar-refractivity contribution < 1.29 is 12.3 Å². The molecule has 24 heavy (non-hydrogen) atoms. The predicted molar refractivity (Wildman–Crippen MR) is 124 cm³/mol. The molecule has 0 radical (unpaired) electrons. The Morgan fingerprint density at radius 3 is 0.875 bits per heavy atom. The van der Waals surface area contributed by atoms with E-state index in [1.165, 1.54) is 36.3 Å². The molecule has 3 nitrogen and oxygen atoms in total.